The highest BCUT2D eigenvalue weighted by Crippen LogP contribution is 2.31. The average molecular weight is 444 g/mol. The lowest BCUT2D eigenvalue weighted by atomic mass is 10.1. The van der Waals surface area contributed by atoms with Crippen LogP contribution in [0, 0.1) is 6.92 Å². The summed E-state index contributed by atoms with van der Waals surface area (Å²) in [6.07, 6.45) is 1.92. The van der Waals surface area contributed by atoms with Crippen LogP contribution in [0.1, 0.15) is 21.5 Å². The van der Waals surface area contributed by atoms with Crippen molar-refractivity contribution in [2.75, 3.05) is 0 Å². The van der Waals surface area contributed by atoms with Gasteiger partial charge in [-0.05, 0) is 67.1 Å². The lowest BCUT2D eigenvalue weighted by molar-refractivity contribution is 0.104. The van der Waals surface area contributed by atoms with Crippen molar-refractivity contribution in [2.45, 2.75) is 11.8 Å². The number of halogens is 2. The second-order valence-corrected chi connectivity index (χ2v) is 8.28. The van der Waals surface area contributed by atoms with Gasteiger partial charge in [-0.25, -0.2) is 0 Å². The number of thioether (sulfide) groups is 1. The van der Waals surface area contributed by atoms with Crippen LogP contribution in [0.2, 0.25) is 5.02 Å². The van der Waals surface area contributed by atoms with Gasteiger partial charge in [0.05, 0.1) is 4.91 Å². The Morgan fingerprint density at radius 1 is 0.923 bits per heavy atom. The number of rotatable bonds is 5. The topological polar surface area (TPSA) is 17.1 Å². The van der Waals surface area contributed by atoms with E-state index in [9.17, 15) is 4.79 Å². The van der Waals surface area contributed by atoms with Crippen molar-refractivity contribution in [3.05, 3.63) is 104 Å². The molecular weight excluding hydrogens is 428 g/mol. The number of hydrogen-bond donors (Lipinski definition) is 0. The van der Waals surface area contributed by atoms with Crippen LogP contribution < -0.4 is 0 Å². The molecule has 0 aliphatic rings. The summed E-state index contributed by atoms with van der Waals surface area (Å²) < 4.78 is 1.01. The maximum absolute atomic E-state index is 13.1. The van der Waals surface area contributed by atoms with E-state index >= 15 is 0 Å². The Morgan fingerprint density at radius 3 is 2.15 bits per heavy atom. The summed E-state index contributed by atoms with van der Waals surface area (Å²) in [7, 11) is 0. The molecule has 3 aromatic rings. The molecule has 0 bridgehead atoms. The number of carbonyl (C=O) groups is 1. The molecular formula is C22H16BrClOS. The lowest BCUT2D eigenvalue weighted by Gasteiger charge is -2.08. The zero-order valence-corrected chi connectivity index (χ0v) is 17.2. The summed E-state index contributed by atoms with van der Waals surface area (Å²) in [6, 6.07) is 23.0. The van der Waals surface area contributed by atoms with Crippen molar-refractivity contribution in [2.24, 2.45) is 0 Å². The summed E-state index contributed by atoms with van der Waals surface area (Å²) in [5.41, 5.74) is 2.79. The van der Waals surface area contributed by atoms with Gasteiger partial charge in [0.2, 0.25) is 0 Å². The van der Waals surface area contributed by atoms with Gasteiger partial charge < -0.3 is 0 Å². The smallest absolute Gasteiger partial charge is 0.199 e. The number of hydrogen-bond acceptors (Lipinski definition) is 2. The highest BCUT2D eigenvalue weighted by atomic mass is 79.9. The number of allylic oxidation sites excluding steroid dienone is 1. The van der Waals surface area contributed by atoms with E-state index in [2.05, 4.69) is 15.9 Å². The third-order valence-corrected chi connectivity index (χ3v) is 5.56. The monoisotopic (exact) mass is 442 g/mol. The number of carbonyl (C=O) groups excluding carboxylic acids is 1. The van der Waals surface area contributed by atoms with Crippen LogP contribution in [-0.2, 0) is 0 Å². The first-order valence-electron chi connectivity index (χ1n) is 8.03. The Morgan fingerprint density at radius 2 is 1.54 bits per heavy atom. The Bertz CT molecular complexity index is 929. The van der Waals surface area contributed by atoms with Crippen molar-refractivity contribution in [3.63, 3.8) is 0 Å². The van der Waals surface area contributed by atoms with Gasteiger partial charge >= 0.3 is 0 Å². The van der Waals surface area contributed by atoms with Crippen LogP contribution in [0.25, 0.3) is 6.08 Å². The zero-order valence-electron chi connectivity index (χ0n) is 14.1. The molecule has 130 valence electrons. The highest BCUT2D eigenvalue weighted by Gasteiger charge is 2.14. The van der Waals surface area contributed by atoms with E-state index < -0.39 is 0 Å². The van der Waals surface area contributed by atoms with Gasteiger partial charge in [0, 0.05) is 20.0 Å². The predicted octanol–water partition coefficient (Wildman–Crippen LogP) is 7.43. The van der Waals surface area contributed by atoms with Gasteiger partial charge in [-0.15, -0.1) is 0 Å². The van der Waals surface area contributed by atoms with Gasteiger partial charge in [0.1, 0.15) is 0 Å². The molecule has 0 spiro atoms. The molecule has 0 fully saturated rings. The number of aryl methyl sites for hydroxylation is 1. The van der Waals surface area contributed by atoms with Crippen LogP contribution in [0.15, 0.2) is 87.1 Å². The molecule has 0 aromatic heterocycles. The Balaban J connectivity index is 1.97. The normalized spacial score (nSPS) is 11.4. The fourth-order valence-corrected chi connectivity index (χ4v) is 3.65. The Labute approximate surface area is 171 Å². The fourth-order valence-electron chi connectivity index (χ4n) is 2.33. The fraction of sp³-hybridized carbons (Fsp3) is 0.0455. The summed E-state index contributed by atoms with van der Waals surface area (Å²) in [5, 5.41) is 0.617. The van der Waals surface area contributed by atoms with E-state index in [1.807, 2.05) is 61.5 Å². The first-order chi connectivity index (χ1) is 12.5. The molecule has 1 nitrogen and oxygen atoms in total. The van der Waals surface area contributed by atoms with E-state index in [-0.39, 0.29) is 5.78 Å². The molecule has 0 unspecified atom stereocenters. The SMILES string of the molecule is Cc1ccc(S/C(=C/c2ccc(Br)cc2)C(=O)c2ccc(Cl)cc2)cc1. The molecule has 0 saturated heterocycles. The van der Waals surface area contributed by atoms with Crippen LogP contribution in [0.4, 0.5) is 0 Å². The summed E-state index contributed by atoms with van der Waals surface area (Å²) in [5.74, 6) is -0.0184. The molecule has 0 amide bonds. The minimum Gasteiger partial charge on any atom is -0.288 e. The van der Waals surface area contributed by atoms with E-state index in [4.69, 9.17) is 11.6 Å². The van der Waals surface area contributed by atoms with Crippen molar-refractivity contribution in [1.82, 2.24) is 0 Å². The van der Waals surface area contributed by atoms with Crippen molar-refractivity contribution < 1.29 is 4.79 Å². The lowest BCUT2D eigenvalue weighted by Crippen LogP contribution is -2.01. The summed E-state index contributed by atoms with van der Waals surface area (Å²) in [4.78, 5) is 14.8. The highest BCUT2D eigenvalue weighted by molar-refractivity contribution is 9.10. The van der Waals surface area contributed by atoms with Gasteiger partial charge in [-0.2, -0.15) is 0 Å². The van der Waals surface area contributed by atoms with E-state index in [0.717, 1.165) is 14.9 Å². The quantitative estimate of drug-likeness (QED) is 0.232. The van der Waals surface area contributed by atoms with Crippen molar-refractivity contribution in [1.29, 1.82) is 0 Å². The van der Waals surface area contributed by atoms with Crippen LogP contribution >= 0.6 is 39.3 Å². The Kier molecular flexibility index (Phi) is 6.36. The molecule has 0 aliphatic heterocycles. The predicted molar refractivity (Wildman–Crippen MR) is 115 cm³/mol. The molecule has 3 aromatic carbocycles. The number of benzene rings is 3. The molecule has 0 saturated carbocycles. The Hall–Kier alpha value is -1.81. The largest absolute Gasteiger partial charge is 0.288 e. The first-order valence-corrected chi connectivity index (χ1v) is 10.0. The third-order valence-electron chi connectivity index (χ3n) is 3.75. The van der Waals surface area contributed by atoms with Gasteiger partial charge in [0.25, 0.3) is 0 Å². The molecule has 0 heterocycles. The minimum absolute atomic E-state index is 0.0184. The van der Waals surface area contributed by atoms with E-state index in [1.54, 1.807) is 24.3 Å². The minimum atomic E-state index is -0.0184. The van der Waals surface area contributed by atoms with E-state index in [0.29, 0.717) is 15.5 Å². The summed E-state index contributed by atoms with van der Waals surface area (Å²) in [6.45, 7) is 2.05. The second kappa shape index (κ2) is 8.72. The number of Topliss-reactive ketones (excluding diaryl/α,β-unsaturated/α-hetero) is 1. The molecule has 4 heteroatoms. The molecule has 0 atom stereocenters. The van der Waals surface area contributed by atoms with Gasteiger partial charge in [-0.1, -0.05) is 69.1 Å². The summed E-state index contributed by atoms with van der Waals surface area (Å²) >= 11 is 10.9. The van der Waals surface area contributed by atoms with Gasteiger partial charge in [-0.3, -0.25) is 4.79 Å². The average Bonchev–Trinajstić information content (AvgIpc) is 2.65. The molecule has 3 rings (SSSR count). The maximum Gasteiger partial charge on any atom is 0.199 e. The standard InChI is InChI=1S/C22H16BrClOS/c1-15-2-12-20(13-3-15)26-21(14-16-4-8-18(23)9-5-16)22(25)17-6-10-19(24)11-7-17/h2-14H,1H3/b21-14+. The van der Waals surface area contributed by atoms with Crippen LogP contribution in [0.3, 0.4) is 0 Å². The number of ketones is 1. The van der Waals surface area contributed by atoms with E-state index in [1.165, 1.54) is 17.3 Å². The van der Waals surface area contributed by atoms with Crippen molar-refractivity contribution >= 4 is 51.2 Å². The van der Waals surface area contributed by atoms with Gasteiger partial charge in [0.15, 0.2) is 5.78 Å². The first kappa shape index (κ1) is 19.0. The molecule has 0 radical (unpaired) electrons. The van der Waals surface area contributed by atoms with Crippen LogP contribution in [-0.4, -0.2) is 5.78 Å². The maximum atomic E-state index is 13.1. The van der Waals surface area contributed by atoms with Crippen molar-refractivity contribution in [3.8, 4) is 0 Å². The second-order valence-electron chi connectivity index (χ2n) is 5.81. The molecule has 26 heavy (non-hydrogen) atoms. The zero-order chi connectivity index (χ0) is 18.5. The van der Waals surface area contributed by atoms with Crippen LogP contribution in [0.5, 0.6) is 0 Å². The molecule has 0 aliphatic carbocycles. The third kappa shape index (κ3) is 5.10. The molecule has 0 N–H and O–H groups in total.